The molecule has 0 aliphatic carbocycles. The van der Waals surface area contributed by atoms with Crippen LogP contribution in [0.2, 0.25) is 0 Å². The third kappa shape index (κ3) is 4.53. The summed E-state index contributed by atoms with van der Waals surface area (Å²) in [6.07, 6.45) is 2.64. The number of rotatable bonds is 5. The van der Waals surface area contributed by atoms with Crippen LogP contribution in [-0.2, 0) is 15.0 Å². The van der Waals surface area contributed by atoms with E-state index in [0.717, 1.165) is 5.56 Å². The van der Waals surface area contributed by atoms with Crippen LogP contribution in [-0.4, -0.2) is 38.2 Å². The smallest absolute Gasteiger partial charge is 0.326 e. The molecule has 7 heteroatoms. The Kier molecular flexibility index (Phi) is 4.42. The van der Waals surface area contributed by atoms with Gasteiger partial charge in [-0.15, -0.1) is 0 Å². The molecule has 1 atom stereocenters. The summed E-state index contributed by atoms with van der Waals surface area (Å²) in [6, 6.07) is -1.25. The highest BCUT2D eigenvalue weighted by Gasteiger charge is 2.22. The molecule has 0 radical (unpaired) electrons. The molecule has 0 saturated carbocycles. The molecule has 0 aromatic carbocycles. The first-order valence-corrected chi connectivity index (χ1v) is 5.74. The van der Waals surface area contributed by atoms with Crippen molar-refractivity contribution in [2.75, 3.05) is 5.32 Å². The van der Waals surface area contributed by atoms with E-state index < -0.39 is 24.4 Å². The van der Waals surface area contributed by atoms with E-state index in [-0.39, 0.29) is 11.4 Å². The highest BCUT2D eigenvalue weighted by Crippen LogP contribution is 2.20. The third-order valence-corrected chi connectivity index (χ3v) is 2.50. The van der Waals surface area contributed by atoms with Crippen molar-refractivity contribution in [3.63, 3.8) is 0 Å². The molecular weight excluding hydrogens is 250 g/mol. The van der Waals surface area contributed by atoms with Gasteiger partial charge in [-0.2, -0.15) is 0 Å². The van der Waals surface area contributed by atoms with Gasteiger partial charge in [-0.05, 0) is 11.0 Å². The fraction of sp³-hybridized carbons (Fsp3) is 0.500. The van der Waals surface area contributed by atoms with E-state index in [1.165, 1.54) is 0 Å². The second kappa shape index (κ2) is 5.64. The van der Waals surface area contributed by atoms with Gasteiger partial charge in [0.2, 0.25) is 5.95 Å². The maximum absolute atomic E-state index is 10.9. The molecular formula is C12H17N3O4. The van der Waals surface area contributed by atoms with E-state index in [1.807, 2.05) is 20.8 Å². The average Bonchev–Trinajstić information content (AvgIpc) is 2.27. The van der Waals surface area contributed by atoms with Gasteiger partial charge in [-0.25, -0.2) is 14.8 Å². The molecule has 0 amide bonds. The minimum Gasteiger partial charge on any atom is -0.481 e. The molecule has 19 heavy (non-hydrogen) atoms. The maximum Gasteiger partial charge on any atom is 0.326 e. The summed E-state index contributed by atoms with van der Waals surface area (Å²) in [4.78, 5) is 29.4. The first-order valence-electron chi connectivity index (χ1n) is 5.74. The normalized spacial score (nSPS) is 12.8. The van der Waals surface area contributed by atoms with Crippen LogP contribution in [0.1, 0.15) is 32.8 Å². The molecule has 0 aliphatic heterocycles. The van der Waals surface area contributed by atoms with Crippen LogP contribution in [0.5, 0.6) is 0 Å². The molecule has 0 aliphatic rings. The van der Waals surface area contributed by atoms with Crippen molar-refractivity contribution >= 4 is 17.9 Å². The van der Waals surface area contributed by atoms with Crippen LogP contribution in [0.25, 0.3) is 0 Å². The van der Waals surface area contributed by atoms with E-state index in [2.05, 4.69) is 15.3 Å². The number of hydrogen-bond donors (Lipinski definition) is 3. The highest BCUT2D eigenvalue weighted by atomic mass is 16.4. The number of carboxylic acids is 2. The van der Waals surface area contributed by atoms with Crippen LogP contribution in [0, 0.1) is 0 Å². The largest absolute Gasteiger partial charge is 0.481 e. The molecule has 1 aromatic rings. The Morgan fingerprint density at radius 3 is 2.16 bits per heavy atom. The van der Waals surface area contributed by atoms with Crippen molar-refractivity contribution in [2.45, 2.75) is 38.6 Å². The van der Waals surface area contributed by atoms with Crippen LogP contribution in [0.15, 0.2) is 12.4 Å². The predicted molar refractivity (Wildman–Crippen MR) is 68.0 cm³/mol. The number of carbonyl (C=O) groups is 2. The summed E-state index contributed by atoms with van der Waals surface area (Å²) in [6.45, 7) is 6.01. The van der Waals surface area contributed by atoms with E-state index in [0.29, 0.717) is 0 Å². The maximum atomic E-state index is 10.9. The first kappa shape index (κ1) is 14.9. The molecule has 0 saturated heterocycles. The summed E-state index contributed by atoms with van der Waals surface area (Å²) in [5.74, 6) is -2.36. The molecule has 0 fully saturated rings. The standard InChI is InChI=1S/C12H17N3O4/c1-12(2,3)7-5-13-11(14-6-7)15-8(10(18)19)4-9(16)17/h5-6,8H,4H2,1-3H3,(H,16,17)(H,18,19)(H,13,14,15). The molecule has 1 unspecified atom stereocenters. The van der Waals surface area contributed by atoms with Gasteiger partial charge >= 0.3 is 11.9 Å². The van der Waals surface area contributed by atoms with Crippen molar-refractivity contribution in [3.8, 4) is 0 Å². The zero-order valence-electron chi connectivity index (χ0n) is 11.0. The monoisotopic (exact) mass is 267 g/mol. The Bertz CT molecular complexity index is 465. The Hall–Kier alpha value is -2.18. The molecule has 1 heterocycles. The van der Waals surface area contributed by atoms with Crippen molar-refractivity contribution in [1.29, 1.82) is 0 Å². The second-order valence-electron chi connectivity index (χ2n) is 5.18. The lowest BCUT2D eigenvalue weighted by Gasteiger charge is -2.18. The molecule has 0 bridgehead atoms. The number of aromatic nitrogens is 2. The minimum absolute atomic E-state index is 0.0988. The zero-order chi connectivity index (χ0) is 14.6. The summed E-state index contributed by atoms with van der Waals surface area (Å²) in [5, 5.41) is 20.0. The van der Waals surface area contributed by atoms with E-state index in [9.17, 15) is 9.59 Å². The fourth-order valence-corrected chi connectivity index (χ4v) is 1.32. The second-order valence-corrected chi connectivity index (χ2v) is 5.18. The zero-order valence-corrected chi connectivity index (χ0v) is 11.0. The number of nitrogens with one attached hydrogen (secondary N) is 1. The van der Waals surface area contributed by atoms with Gasteiger partial charge in [0, 0.05) is 12.4 Å². The van der Waals surface area contributed by atoms with Gasteiger partial charge in [0.1, 0.15) is 6.04 Å². The Morgan fingerprint density at radius 1 is 1.26 bits per heavy atom. The number of hydrogen-bond acceptors (Lipinski definition) is 5. The molecule has 1 aromatic heterocycles. The van der Waals surface area contributed by atoms with Crippen molar-refractivity contribution in [2.24, 2.45) is 0 Å². The lowest BCUT2D eigenvalue weighted by molar-refractivity contribution is -0.144. The predicted octanol–water partition coefficient (Wildman–Crippen LogP) is 1.11. The van der Waals surface area contributed by atoms with Gasteiger partial charge in [0.05, 0.1) is 6.42 Å². The topological polar surface area (TPSA) is 112 Å². The molecule has 0 spiro atoms. The van der Waals surface area contributed by atoms with Crippen LogP contribution in [0.3, 0.4) is 0 Å². The first-order chi connectivity index (χ1) is 8.70. The summed E-state index contributed by atoms with van der Waals surface area (Å²) < 4.78 is 0. The lowest BCUT2D eigenvalue weighted by Crippen LogP contribution is -2.32. The summed E-state index contributed by atoms with van der Waals surface area (Å²) >= 11 is 0. The van der Waals surface area contributed by atoms with Gasteiger partial charge in [0.15, 0.2) is 0 Å². The number of carboxylic acid groups (broad SMARTS) is 2. The Labute approximate surface area is 110 Å². The van der Waals surface area contributed by atoms with Gasteiger partial charge in [0.25, 0.3) is 0 Å². The van der Waals surface area contributed by atoms with E-state index >= 15 is 0 Å². The van der Waals surface area contributed by atoms with Crippen LogP contribution in [0.4, 0.5) is 5.95 Å². The molecule has 104 valence electrons. The molecule has 3 N–H and O–H groups in total. The third-order valence-electron chi connectivity index (χ3n) is 2.50. The SMILES string of the molecule is CC(C)(C)c1cnc(NC(CC(=O)O)C(=O)O)nc1. The van der Waals surface area contributed by atoms with Gasteiger partial charge < -0.3 is 15.5 Å². The Balaban J connectivity index is 2.81. The average molecular weight is 267 g/mol. The quantitative estimate of drug-likeness (QED) is 0.732. The van der Waals surface area contributed by atoms with Gasteiger partial charge in [-0.1, -0.05) is 20.8 Å². The lowest BCUT2D eigenvalue weighted by atomic mass is 9.89. The number of aliphatic carboxylic acids is 2. The van der Waals surface area contributed by atoms with Gasteiger partial charge in [-0.3, -0.25) is 4.79 Å². The molecule has 1 rings (SSSR count). The van der Waals surface area contributed by atoms with Crippen molar-refractivity contribution < 1.29 is 19.8 Å². The van der Waals surface area contributed by atoms with E-state index in [1.54, 1.807) is 12.4 Å². The highest BCUT2D eigenvalue weighted by molar-refractivity contribution is 5.82. The van der Waals surface area contributed by atoms with Crippen molar-refractivity contribution in [1.82, 2.24) is 9.97 Å². The Morgan fingerprint density at radius 2 is 1.79 bits per heavy atom. The van der Waals surface area contributed by atoms with Crippen molar-refractivity contribution in [3.05, 3.63) is 18.0 Å². The van der Waals surface area contributed by atoms with Crippen LogP contribution >= 0.6 is 0 Å². The van der Waals surface area contributed by atoms with Crippen LogP contribution < -0.4 is 5.32 Å². The fourth-order valence-electron chi connectivity index (χ4n) is 1.32. The molecule has 7 nitrogen and oxygen atoms in total. The number of anilines is 1. The minimum atomic E-state index is -1.26. The summed E-state index contributed by atoms with van der Waals surface area (Å²) in [7, 11) is 0. The summed E-state index contributed by atoms with van der Waals surface area (Å²) in [5.41, 5.74) is 0.800. The number of nitrogens with zero attached hydrogens (tertiary/aromatic N) is 2. The van der Waals surface area contributed by atoms with E-state index in [4.69, 9.17) is 10.2 Å².